The number of hydrogen-bond donors (Lipinski definition) is 0. The fourth-order valence-electron chi connectivity index (χ4n) is 8.62. The van der Waals surface area contributed by atoms with Crippen LogP contribution in [0.3, 0.4) is 0 Å². The molecule has 12 heteroatoms. The second-order valence-corrected chi connectivity index (χ2v) is 16.9. The summed E-state index contributed by atoms with van der Waals surface area (Å²) in [6.45, 7) is 11.7. The Kier molecular flexibility index (Phi) is 6.65. The number of halogens is 6. The van der Waals surface area contributed by atoms with Crippen LogP contribution in [-0.4, -0.2) is 31.4 Å². The van der Waals surface area contributed by atoms with Gasteiger partial charge >= 0.3 is 17.8 Å². The Hall–Kier alpha value is -5.52. The summed E-state index contributed by atoms with van der Waals surface area (Å²) in [5.41, 5.74) is -4.49. The Morgan fingerprint density at radius 3 is 1.16 bits per heavy atom. The smallest absolute Gasteiger partial charge is 0.380 e. The first kappa shape index (κ1) is 34.9. The van der Waals surface area contributed by atoms with Crippen molar-refractivity contribution in [2.24, 2.45) is 0 Å². The molecule has 0 radical (unpaired) electrons. The predicted molar refractivity (Wildman–Crippen MR) is 196 cm³/mol. The lowest BCUT2D eigenvalue weighted by Gasteiger charge is -2.35. The number of alkyl halides is 6. The summed E-state index contributed by atoms with van der Waals surface area (Å²) in [6, 6.07) is 19.9. The normalized spacial score (nSPS) is 19.6. The molecule has 0 unspecified atom stereocenters. The molecule has 2 aliphatic heterocycles. The Morgan fingerprint density at radius 2 is 0.821 bits per heavy atom. The van der Waals surface area contributed by atoms with E-state index in [0.29, 0.717) is 11.1 Å². The van der Waals surface area contributed by atoms with Gasteiger partial charge < -0.3 is 27.8 Å². The number of furan rings is 2. The molecule has 0 saturated heterocycles. The highest BCUT2D eigenvalue weighted by Gasteiger charge is 2.82. The van der Waals surface area contributed by atoms with Crippen LogP contribution in [0.15, 0.2) is 81.6 Å². The van der Waals surface area contributed by atoms with Crippen molar-refractivity contribution in [2.75, 3.05) is 13.6 Å². The second kappa shape index (κ2) is 10.7. The molecule has 4 heterocycles. The van der Waals surface area contributed by atoms with Crippen LogP contribution in [-0.2, 0) is 16.2 Å². The van der Waals surface area contributed by atoms with Crippen molar-refractivity contribution in [3.63, 3.8) is 0 Å². The summed E-state index contributed by atoms with van der Waals surface area (Å²) >= 11 is 0. The predicted octanol–water partition coefficient (Wildman–Crippen LogP) is 11.8. The molecule has 0 amide bonds. The molecule has 0 spiro atoms. The largest absolute Gasteiger partial charge is 0.458 e. The third kappa shape index (κ3) is 4.24. The first-order valence-corrected chi connectivity index (χ1v) is 18.1. The highest BCUT2D eigenvalue weighted by atomic mass is 19.3. The van der Waals surface area contributed by atoms with Crippen molar-refractivity contribution < 1.29 is 54.1 Å². The number of ether oxygens (including phenoxy) is 4. The molecule has 0 bridgehead atoms. The molecule has 2 aliphatic carbocycles. The fourth-order valence-corrected chi connectivity index (χ4v) is 8.62. The maximum absolute atomic E-state index is 16.9. The van der Waals surface area contributed by atoms with Crippen LogP contribution in [0.2, 0.25) is 0 Å². The van der Waals surface area contributed by atoms with Crippen molar-refractivity contribution in [3.05, 3.63) is 118 Å². The van der Waals surface area contributed by atoms with Crippen molar-refractivity contribution in [3.8, 4) is 23.0 Å². The topological polar surface area (TPSA) is 63.2 Å². The van der Waals surface area contributed by atoms with Crippen LogP contribution in [0.4, 0.5) is 26.3 Å². The van der Waals surface area contributed by atoms with Gasteiger partial charge in [0.2, 0.25) is 13.6 Å². The lowest BCUT2D eigenvalue weighted by Crippen LogP contribution is -2.49. The van der Waals surface area contributed by atoms with Crippen molar-refractivity contribution in [1.29, 1.82) is 0 Å². The summed E-state index contributed by atoms with van der Waals surface area (Å²) in [5, 5.41) is -0.280. The van der Waals surface area contributed by atoms with Gasteiger partial charge in [0, 0.05) is 45.2 Å². The fraction of sp³-hybridized carbons (Fsp3) is 0.318. The van der Waals surface area contributed by atoms with Gasteiger partial charge in [-0.2, -0.15) is 26.3 Å². The first-order chi connectivity index (χ1) is 26.3. The monoisotopic (exact) mass is 772 g/mol. The highest BCUT2D eigenvalue weighted by Crippen LogP contribution is 2.70. The van der Waals surface area contributed by atoms with E-state index in [1.165, 1.54) is 24.3 Å². The Bertz CT molecular complexity index is 2500. The van der Waals surface area contributed by atoms with Gasteiger partial charge in [-0.25, -0.2) is 0 Å². The summed E-state index contributed by atoms with van der Waals surface area (Å²) in [4.78, 5) is 0. The van der Waals surface area contributed by atoms with E-state index < -0.39 is 45.5 Å². The van der Waals surface area contributed by atoms with E-state index in [-0.39, 0.29) is 80.9 Å². The van der Waals surface area contributed by atoms with E-state index in [1.54, 1.807) is 24.3 Å². The molecule has 2 aromatic heterocycles. The molecule has 6 nitrogen and oxygen atoms in total. The lowest BCUT2D eigenvalue weighted by molar-refractivity contribution is -0.254. The van der Waals surface area contributed by atoms with Gasteiger partial charge in [0.25, 0.3) is 0 Å². The van der Waals surface area contributed by atoms with Gasteiger partial charge in [-0.3, -0.25) is 0 Å². The summed E-state index contributed by atoms with van der Waals surface area (Å²) < 4.78 is 135. The van der Waals surface area contributed by atoms with Crippen molar-refractivity contribution in [1.82, 2.24) is 0 Å². The molecule has 6 aromatic rings. The Balaban J connectivity index is 1.46. The average molecular weight is 773 g/mol. The van der Waals surface area contributed by atoms with Crippen molar-refractivity contribution >= 4 is 33.1 Å². The van der Waals surface area contributed by atoms with E-state index in [4.69, 9.17) is 27.8 Å². The van der Waals surface area contributed by atoms with Gasteiger partial charge in [-0.05, 0) is 45.2 Å². The third-order valence-corrected chi connectivity index (χ3v) is 11.6. The van der Waals surface area contributed by atoms with Crippen molar-refractivity contribution in [2.45, 2.75) is 75.6 Å². The molecule has 10 rings (SSSR count). The second-order valence-electron chi connectivity index (χ2n) is 16.9. The van der Waals surface area contributed by atoms with E-state index in [2.05, 4.69) is 0 Å². The molecule has 0 N–H and O–H groups in total. The van der Waals surface area contributed by atoms with E-state index in [1.807, 2.05) is 65.8 Å². The van der Waals surface area contributed by atoms with Gasteiger partial charge in [-0.15, -0.1) is 0 Å². The Labute approximate surface area is 316 Å². The van der Waals surface area contributed by atoms with Crippen LogP contribution in [0.1, 0.15) is 86.4 Å². The van der Waals surface area contributed by atoms with Gasteiger partial charge in [0.15, 0.2) is 23.0 Å². The number of benzene rings is 4. The zero-order chi connectivity index (χ0) is 39.5. The van der Waals surface area contributed by atoms with E-state index >= 15 is 26.3 Å². The molecule has 288 valence electrons. The quantitative estimate of drug-likeness (QED) is 0.163. The van der Waals surface area contributed by atoms with Crippen LogP contribution >= 0.6 is 0 Å². The third-order valence-electron chi connectivity index (χ3n) is 11.6. The summed E-state index contributed by atoms with van der Waals surface area (Å²) in [5.74, 6) is -16.7. The van der Waals surface area contributed by atoms with Crippen LogP contribution in [0.25, 0.3) is 33.1 Å². The zero-order valence-corrected chi connectivity index (χ0v) is 31.1. The van der Waals surface area contributed by atoms with Gasteiger partial charge in [0.1, 0.15) is 28.1 Å². The van der Waals surface area contributed by atoms with Crippen LogP contribution < -0.4 is 18.9 Å². The molecular formula is C44H34F6O6. The summed E-state index contributed by atoms with van der Waals surface area (Å²) in [7, 11) is 0. The van der Waals surface area contributed by atoms with Crippen LogP contribution in [0, 0.1) is 0 Å². The molecule has 0 saturated carbocycles. The summed E-state index contributed by atoms with van der Waals surface area (Å²) in [6.07, 6.45) is 0. The van der Waals surface area contributed by atoms with E-state index in [9.17, 15) is 0 Å². The Morgan fingerprint density at radius 1 is 0.482 bits per heavy atom. The molecule has 56 heavy (non-hydrogen) atoms. The maximum Gasteiger partial charge on any atom is 0.380 e. The van der Waals surface area contributed by atoms with E-state index in [0.717, 1.165) is 11.1 Å². The maximum atomic E-state index is 16.9. The molecule has 0 fully saturated rings. The average Bonchev–Trinajstić information content (AvgIpc) is 3.94. The molecule has 0 atom stereocenters. The number of hydrogen-bond acceptors (Lipinski definition) is 6. The minimum atomic E-state index is -5.86. The minimum Gasteiger partial charge on any atom is -0.458 e. The minimum absolute atomic E-state index is 0.0669. The molecule has 4 aromatic carbocycles. The molecule has 4 aliphatic rings. The standard InChI is InChI=1S/C44H34F6O6/c1-39(2,3)21-7-11-23(12-8-21)41(24-13-9-22(10-14-24)40(4,5)6)37-33(25-15-29-31(53-19-51-29)17-27(25)55-37)35-36(43(47,48)44(49,50)42(35,45)46)34-26-16-30-32(54-20-52-30)18-28(26)56-38(34)41/h7-18H,19-20H2,1-6H3. The number of allylic oxidation sites excluding steroid dienone is 2. The molecular weight excluding hydrogens is 738 g/mol. The highest BCUT2D eigenvalue weighted by molar-refractivity contribution is 6.14. The SMILES string of the molecule is CC(C)(C)c1ccc(C2(c3ccc(C(C)(C)C)cc3)c3oc4cc5c(cc4c3C3=C(c4c2oc2cc6c(cc42)OCO6)C(F)(F)C(F)(F)C3(F)F)OCO5)cc1. The lowest BCUT2D eigenvalue weighted by atomic mass is 9.67. The van der Waals surface area contributed by atoms with Gasteiger partial charge in [0.05, 0.1) is 0 Å². The number of fused-ring (bicyclic) bond motifs is 10. The number of rotatable bonds is 2. The zero-order valence-electron chi connectivity index (χ0n) is 31.1. The van der Waals surface area contributed by atoms with Crippen LogP contribution in [0.5, 0.6) is 23.0 Å². The first-order valence-electron chi connectivity index (χ1n) is 18.1. The van der Waals surface area contributed by atoms with Gasteiger partial charge in [-0.1, -0.05) is 90.1 Å².